The highest BCUT2D eigenvalue weighted by Gasteiger charge is 2.30. The molecule has 0 bridgehead atoms. The van der Waals surface area contributed by atoms with Crippen molar-refractivity contribution in [3.05, 3.63) is 11.1 Å². The molecule has 8 nitrogen and oxygen atoms in total. The lowest BCUT2D eigenvalue weighted by molar-refractivity contribution is 0.168. The molecule has 1 aromatic carbocycles. The smallest absolute Gasteiger partial charge is 0.332 e. The third-order valence-corrected chi connectivity index (χ3v) is 3.15. The highest BCUT2D eigenvalue weighted by molar-refractivity contribution is 5.91. The minimum Gasteiger partial charge on any atom is -0.492 e. The number of benzene rings is 1. The second kappa shape index (κ2) is 6.88. The monoisotopic (exact) mass is 309 g/mol. The lowest BCUT2D eigenvalue weighted by Gasteiger charge is -2.17. The maximum absolute atomic E-state index is 10.8. The van der Waals surface area contributed by atoms with Crippen molar-refractivity contribution in [1.29, 1.82) is 0 Å². The molecule has 0 saturated carbocycles. The number of nitrogens with two attached hydrogens (primary N) is 1. The molecule has 0 radical (unpaired) electrons. The van der Waals surface area contributed by atoms with Crippen molar-refractivity contribution in [2.45, 2.75) is 19.8 Å². The number of carbonyl (C=O) groups is 1. The number of urea groups is 1. The highest BCUT2D eigenvalue weighted by Crippen LogP contribution is 2.51. The largest absolute Gasteiger partial charge is 0.492 e. The number of ether oxygens (including phenoxy) is 4. The molecule has 3 N–H and O–H groups in total. The molecule has 0 atom stereocenters. The topological polar surface area (TPSA) is 104 Å². The molecule has 1 heterocycles. The van der Waals surface area contributed by atoms with Crippen molar-refractivity contribution in [3.63, 3.8) is 0 Å². The summed E-state index contributed by atoms with van der Waals surface area (Å²) in [7, 11) is 3.09. The van der Waals surface area contributed by atoms with Gasteiger partial charge < -0.3 is 24.7 Å². The summed E-state index contributed by atoms with van der Waals surface area (Å²) in [6, 6.07) is -0.750. The maximum Gasteiger partial charge on any atom is 0.332 e. The summed E-state index contributed by atoms with van der Waals surface area (Å²) in [6.07, 6.45) is 3.05. The summed E-state index contributed by atoms with van der Waals surface area (Å²) in [5.41, 5.74) is 8.68. The Hall–Kier alpha value is -2.64. The number of hydrogen-bond acceptors (Lipinski definition) is 6. The van der Waals surface area contributed by atoms with Gasteiger partial charge in [0.05, 0.1) is 20.4 Å². The van der Waals surface area contributed by atoms with Crippen molar-refractivity contribution in [2.24, 2.45) is 10.8 Å². The van der Waals surface area contributed by atoms with Crippen molar-refractivity contribution >= 4 is 12.2 Å². The Bertz CT molecular complexity index is 601. The van der Waals surface area contributed by atoms with Crippen molar-refractivity contribution in [3.8, 4) is 23.0 Å². The lowest BCUT2D eigenvalue weighted by Crippen LogP contribution is -2.24. The van der Waals surface area contributed by atoms with Crippen LogP contribution in [0.15, 0.2) is 5.10 Å². The van der Waals surface area contributed by atoms with Crippen LogP contribution < -0.4 is 30.1 Å². The van der Waals surface area contributed by atoms with Crippen LogP contribution in [-0.4, -0.2) is 33.3 Å². The van der Waals surface area contributed by atoms with Crippen LogP contribution in [0.3, 0.4) is 0 Å². The van der Waals surface area contributed by atoms with Crippen molar-refractivity contribution in [1.82, 2.24) is 5.43 Å². The van der Waals surface area contributed by atoms with Gasteiger partial charge in [-0.25, -0.2) is 10.2 Å². The van der Waals surface area contributed by atoms with Crippen molar-refractivity contribution in [2.75, 3.05) is 21.0 Å². The van der Waals surface area contributed by atoms with E-state index in [1.54, 1.807) is 7.11 Å². The third-order valence-electron chi connectivity index (χ3n) is 3.15. The fraction of sp³-hybridized carbons (Fsp3) is 0.429. The number of fused-ring (bicyclic) bond motifs is 1. The summed E-state index contributed by atoms with van der Waals surface area (Å²) in [6.45, 7) is 2.13. The Morgan fingerprint density at radius 1 is 1.32 bits per heavy atom. The number of rotatable bonds is 6. The van der Waals surface area contributed by atoms with Crippen LogP contribution in [-0.2, 0) is 6.42 Å². The summed E-state index contributed by atoms with van der Waals surface area (Å²) in [4.78, 5) is 10.8. The van der Waals surface area contributed by atoms with Crippen molar-refractivity contribution < 1.29 is 23.7 Å². The van der Waals surface area contributed by atoms with E-state index >= 15 is 0 Å². The van der Waals surface area contributed by atoms with Crippen LogP contribution in [0.1, 0.15) is 24.5 Å². The molecule has 8 heteroatoms. The van der Waals surface area contributed by atoms with E-state index < -0.39 is 6.03 Å². The van der Waals surface area contributed by atoms with E-state index in [1.165, 1.54) is 13.3 Å². The molecular formula is C14H19N3O5. The quantitative estimate of drug-likeness (QED) is 0.610. The summed E-state index contributed by atoms with van der Waals surface area (Å²) >= 11 is 0. The predicted octanol–water partition coefficient (Wildman–Crippen LogP) is 1.39. The van der Waals surface area contributed by atoms with Gasteiger partial charge in [-0.2, -0.15) is 5.10 Å². The zero-order valence-electron chi connectivity index (χ0n) is 12.8. The Balaban J connectivity index is 2.61. The van der Waals surface area contributed by atoms with Crippen LogP contribution >= 0.6 is 0 Å². The van der Waals surface area contributed by atoms with Gasteiger partial charge in [0, 0.05) is 11.1 Å². The molecule has 1 aromatic rings. The predicted molar refractivity (Wildman–Crippen MR) is 80.0 cm³/mol. The summed E-state index contributed by atoms with van der Waals surface area (Å²) in [5.74, 6) is 2.03. The number of hydrazone groups is 1. The average Bonchev–Trinajstić information content (AvgIpc) is 2.96. The van der Waals surface area contributed by atoms with Crippen LogP contribution in [0.25, 0.3) is 0 Å². The zero-order valence-corrected chi connectivity index (χ0v) is 12.8. The minimum atomic E-state index is -0.750. The molecule has 0 aromatic heterocycles. The number of hydrogen-bond donors (Lipinski definition) is 2. The van der Waals surface area contributed by atoms with Gasteiger partial charge in [0.25, 0.3) is 0 Å². The van der Waals surface area contributed by atoms with E-state index in [0.29, 0.717) is 35.0 Å². The normalized spacial score (nSPS) is 12.5. The molecule has 0 saturated heterocycles. The molecule has 0 spiro atoms. The molecule has 1 aliphatic rings. The first-order valence-electron chi connectivity index (χ1n) is 6.78. The van der Waals surface area contributed by atoms with E-state index in [0.717, 1.165) is 12.0 Å². The number of methoxy groups -OCH3 is 2. The average molecular weight is 309 g/mol. The molecule has 0 aliphatic carbocycles. The van der Waals surface area contributed by atoms with Gasteiger partial charge in [-0.1, -0.05) is 13.3 Å². The first-order valence-corrected chi connectivity index (χ1v) is 6.78. The Kier molecular flexibility index (Phi) is 4.92. The molecule has 120 valence electrons. The van der Waals surface area contributed by atoms with Gasteiger partial charge in [0.1, 0.15) is 0 Å². The Morgan fingerprint density at radius 3 is 2.50 bits per heavy atom. The standard InChI is InChI=1S/C14H19N3O5/c1-4-5-8-9(6-16-17-14(15)18)11(20-3)13-12(10(8)19-2)21-7-22-13/h6H,4-5,7H2,1-3H3,(H3,15,17,18)/b16-6+. The fourth-order valence-electron chi connectivity index (χ4n) is 2.35. The number of nitrogens with zero attached hydrogens (tertiary/aromatic N) is 1. The number of nitrogens with one attached hydrogen (secondary N) is 1. The van der Waals surface area contributed by atoms with E-state index in [-0.39, 0.29) is 6.79 Å². The number of amides is 2. The van der Waals surface area contributed by atoms with Crippen LogP contribution in [0.4, 0.5) is 4.79 Å². The number of carbonyl (C=O) groups excluding carboxylic acids is 1. The third kappa shape index (κ3) is 2.85. The lowest BCUT2D eigenvalue weighted by atomic mass is 10.00. The Morgan fingerprint density at radius 2 is 1.95 bits per heavy atom. The number of primary amides is 1. The van der Waals surface area contributed by atoms with E-state index in [9.17, 15) is 4.79 Å². The second-order valence-corrected chi connectivity index (χ2v) is 4.51. The van der Waals surface area contributed by atoms with Crippen LogP contribution in [0, 0.1) is 0 Å². The zero-order chi connectivity index (χ0) is 16.1. The SMILES string of the molecule is CCCc1c(/C=N/NC(N)=O)c(OC)c2c(c1OC)OCO2. The minimum absolute atomic E-state index is 0.0910. The molecule has 2 rings (SSSR count). The van der Waals surface area contributed by atoms with Gasteiger partial charge in [0.2, 0.25) is 18.3 Å². The Labute approximate surface area is 128 Å². The fourth-order valence-corrected chi connectivity index (χ4v) is 2.35. The van der Waals surface area contributed by atoms with Crippen LogP contribution in [0.5, 0.6) is 23.0 Å². The van der Waals surface area contributed by atoms with E-state index in [4.69, 9.17) is 24.7 Å². The molecular weight excluding hydrogens is 290 g/mol. The first-order chi connectivity index (χ1) is 10.6. The molecule has 0 fully saturated rings. The van der Waals surface area contributed by atoms with Crippen LogP contribution in [0.2, 0.25) is 0 Å². The molecule has 22 heavy (non-hydrogen) atoms. The van der Waals surface area contributed by atoms with Gasteiger partial charge in [-0.15, -0.1) is 0 Å². The van der Waals surface area contributed by atoms with Gasteiger partial charge in [0.15, 0.2) is 11.5 Å². The van der Waals surface area contributed by atoms with Gasteiger partial charge >= 0.3 is 6.03 Å². The van der Waals surface area contributed by atoms with Gasteiger partial charge in [-0.05, 0) is 6.42 Å². The van der Waals surface area contributed by atoms with E-state index in [1.807, 2.05) is 6.92 Å². The second-order valence-electron chi connectivity index (χ2n) is 4.51. The summed E-state index contributed by atoms with van der Waals surface area (Å²) < 4.78 is 21.9. The highest BCUT2D eigenvalue weighted by atomic mass is 16.7. The maximum atomic E-state index is 10.8. The van der Waals surface area contributed by atoms with Gasteiger partial charge in [-0.3, -0.25) is 0 Å². The molecule has 1 aliphatic heterocycles. The first kappa shape index (κ1) is 15.7. The molecule has 0 unspecified atom stereocenters. The summed E-state index contributed by atoms with van der Waals surface area (Å²) in [5, 5.41) is 3.81. The molecule has 2 amide bonds. The van der Waals surface area contributed by atoms with E-state index in [2.05, 4.69) is 10.5 Å².